The summed E-state index contributed by atoms with van der Waals surface area (Å²) in [6, 6.07) is 2.61. The quantitative estimate of drug-likeness (QED) is 0.717. The molecule has 2 rings (SSSR count). The topological polar surface area (TPSA) is 51.5 Å². The molecule has 2 unspecified atom stereocenters. The van der Waals surface area contributed by atoms with Crippen LogP contribution in [0.2, 0.25) is 0 Å². The van der Waals surface area contributed by atoms with Gasteiger partial charge in [0.15, 0.2) is 0 Å². The van der Waals surface area contributed by atoms with Crippen LogP contribution in [0.15, 0.2) is 23.1 Å². The van der Waals surface area contributed by atoms with Crippen molar-refractivity contribution in [1.29, 1.82) is 0 Å². The number of carbonyl (C=O) groups is 1. The van der Waals surface area contributed by atoms with Crippen LogP contribution >= 0.6 is 0 Å². The van der Waals surface area contributed by atoms with Gasteiger partial charge in [-0.05, 0) is 31.2 Å². The van der Waals surface area contributed by atoms with Crippen LogP contribution < -0.4 is 5.56 Å². The van der Waals surface area contributed by atoms with Gasteiger partial charge in [-0.1, -0.05) is 19.9 Å². The molecule has 134 valence electrons. The van der Waals surface area contributed by atoms with Crippen molar-refractivity contribution in [1.82, 2.24) is 9.47 Å². The summed E-state index contributed by atoms with van der Waals surface area (Å²) >= 11 is 0. The standard InChI is InChI=1S/C18H27FN2O3/c1-4-24-18(23)16(9-13(2)3)21-11-14(5-6-17(21)22)10-20-8-7-15(19)12-20/h5-6,11,13,15-16H,4,7-10,12H2,1-3H3. The van der Waals surface area contributed by atoms with Gasteiger partial charge >= 0.3 is 5.97 Å². The largest absolute Gasteiger partial charge is 0.464 e. The molecule has 0 saturated carbocycles. The number of pyridine rings is 1. The van der Waals surface area contributed by atoms with Gasteiger partial charge in [0.25, 0.3) is 5.56 Å². The predicted octanol–water partition coefficient (Wildman–Crippen LogP) is 2.54. The van der Waals surface area contributed by atoms with E-state index < -0.39 is 12.2 Å². The summed E-state index contributed by atoms with van der Waals surface area (Å²) < 4.78 is 19.9. The molecule has 6 heteroatoms. The Morgan fingerprint density at radius 3 is 2.75 bits per heavy atom. The van der Waals surface area contributed by atoms with E-state index in [-0.39, 0.29) is 24.1 Å². The minimum Gasteiger partial charge on any atom is -0.464 e. The highest BCUT2D eigenvalue weighted by Gasteiger charge is 2.25. The van der Waals surface area contributed by atoms with Crippen molar-refractivity contribution in [3.05, 3.63) is 34.2 Å². The molecule has 2 atom stereocenters. The summed E-state index contributed by atoms with van der Waals surface area (Å²) in [7, 11) is 0. The fraction of sp³-hybridized carbons (Fsp3) is 0.667. The van der Waals surface area contributed by atoms with Gasteiger partial charge in [0.2, 0.25) is 0 Å². The van der Waals surface area contributed by atoms with Gasteiger partial charge in [-0.2, -0.15) is 0 Å². The minimum atomic E-state index is -0.774. The monoisotopic (exact) mass is 338 g/mol. The molecule has 0 spiro atoms. The van der Waals surface area contributed by atoms with Crippen LogP contribution in [0, 0.1) is 5.92 Å². The zero-order valence-corrected chi connectivity index (χ0v) is 14.7. The number of alkyl halides is 1. The Balaban J connectivity index is 2.23. The summed E-state index contributed by atoms with van der Waals surface area (Å²) in [4.78, 5) is 26.6. The maximum absolute atomic E-state index is 13.3. The zero-order valence-electron chi connectivity index (χ0n) is 14.7. The number of likely N-dealkylation sites (tertiary alicyclic amines) is 1. The lowest BCUT2D eigenvalue weighted by atomic mass is 10.0. The zero-order chi connectivity index (χ0) is 17.7. The molecule has 1 aromatic heterocycles. The lowest BCUT2D eigenvalue weighted by molar-refractivity contribution is -0.147. The van der Waals surface area contributed by atoms with Crippen molar-refractivity contribution in [2.45, 2.75) is 52.4 Å². The van der Waals surface area contributed by atoms with E-state index in [1.807, 2.05) is 18.7 Å². The number of ether oxygens (including phenoxy) is 1. The first-order valence-corrected chi connectivity index (χ1v) is 8.64. The van der Waals surface area contributed by atoms with Gasteiger partial charge in [-0.3, -0.25) is 9.69 Å². The van der Waals surface area contributed by atoms with Crippen LogP contribution in [-0.4, -0.2) is 41.3 Å². The fourth-order valence-corrected chi connectivity index (χ4v) is 3.08. The normalized spacial score (nSPS) is 19.6. The van der Waals surface area contributed by atoms with Crippen molar-refractivity contribution in [2.24, 2.45) is 5.92 Å². The average molecular weight is 338 g/mol. The van der Waals surface area contributed by atoms with Gasteiger partial charge in [-0.15, -0.1) is 0 Å². The first-order valence-electron chi connectivity index (χ1n) is 8.64. The van der Waals surface area contributed by atoms with E-state index in [4.69, 9.17) is 4.74 Å². The molecule has 1 fully saturated rings. The summed E-state index contributed by atoms with van der Waals surface area (Å²) in [5.74, 6) is -0.128. The Labute approximate surface area is 142 Å². The third-order valence-corrected chi connectivity index (χ3v) is 4.21. The van der Waals surface area contributed by atoms with E-state index in [0.29, 0.717) is 32.5 Å². The Morgan fingerprint density at radius 2 is 2.17 bits per heavy atom. The maximum atomic E-state index is 13.3. The Morgan fingerprint density at radius 1 is 1.42 bits per heavy atom. The lowest BCUT2D eigenvalue weighted by Crippen LogP contribution is -2.32. The molecule has 0 amide bonds. The minimum absolute atomic E-state index is 0.220. The van der Waals surface area contributed by atoms with Crippen LogP contribution in [0.25, 0.3) is 0 Å². The number of aromatic nitrogens is 1. The van der Waals surface area contributed by atoms with Crippen LogP contribution in [0.3, 0.4) is 0 Å². The molecule has 1 aromatic rings. The Bertz CT molecular complexity index is 615. The van der Waals surface area contributed by atoms with Gasteiger partial charge in [0, 0.05) is 31.9 Å². The number of esters is 1. The number of nitrogens with zero attached hydrogens (tertiary/aromatic N) is 2. The first-order chi connectivity index (χ1) is 11.4. The van der Waals surface area contributed by atoms with Crippen molar-refractivity contribution in [3.63, 3.8) is 0 Å². The number of carbonyl (C=O) groups excluding carboxylic acids is 1. The predicted molar refractivity (Wildman–Crippen MR) is 90.6 cm³/mol. The smallest absolute Gasteiger partial charge is 0.329 e. The van der Waals surface area contributed by atoms with E-state index in [1.54, 1.807) is 19.2 Å². The summed E-state index contributed by atoms with van der Waals surface area (Å²) in [6.07, 6.45) is 2.04. The van der Waals surface area contributed by atoms with Crippen molar-refractivity contribution >= 4 is 5.97 Å². The van der Waals surface area contributed by atoms with Crippen LogP contribution in [-0.2, 0) is 16.1 Å². The first kappa shape index (κ1) is 18.6. The summed E-state index contributed by atoms with van der Waals surface area (Å²) in [5.41, 5.74) is 0.684. The van der Waals surface area contributed by atoms with E-state index in [2.05, 4.69) is 0 Å². The molecule has 0 aliphatic carbocycles. The molecular weight excluding hydrogens is 311 g/mol. The summed E-state index contributed by atoms with van der Waals surface area (Å²) in [6.45, 7) is 7.77. The molecule has 1 saturated heterocycles. The molecule has 0 N–H and O–H groups in total. The number of rotatable bonds is 7. The molecule has 24 heavy (non-hydrogen) atoms. The molecule has 0 radical (unpaired) electrons. The van der Waals surface area contributed by atoms with Gasteiger partial charge < -0.3 is 9.30 Å². The lowest BCUT2D eigenvalue weighted by Gasteiger charge is -2.22. The number of hydrogen-bond acceptors (Lipinski definition) is 4. The van der Waals surface area contributed by atoms with E-state index >= 15 is 0 Å². The Hall–Kier alpha value is -1.69. The van der Waals surface area contributed by atoms with Crippen molar-refractivity contribution in [2.75, 3.05) is 19.7 Å². The SMILES string of the molecule is CCOC(=O)C(CC(C)C)n1cc(CN2CCC(F)C2)ccc1=O. The second-order valence-electron chi connectivity index (χ2n) is 6.80. The van der Waals surface area contributed by atoms with E-state index in [1.165, 1.54) is 10.6 Å². The highest BCUT2D eigenvalue weighted by atomic mass is 19.1. The Kier molecular flexibility index (Phi) is 6.54. The molecule has 0 bridgehead atoms. The van der Waals surface area contributed by atoms with Gasteiger partial charge in [-0.25, -0.2) is 9.18 Å². The van der Waals surface area contributed by atoms with Crippen molar-refractivity contribution < 1.29 is 13.9 Å². The number of halogens is 1. The van der Waals surface area contributed by atoms with Gasteiger partial charge in [0.1, 0.15) is 12.2 Å². The molecule has 2 heterocycles. The maximum Gasteiger partial charge on any atom is 0.329 e. The van der Waals surface area contributed by atoms with Crippen molar-refractivity contribution in [3.8, 4) is 0 Å². The molecule has 5 nitrogen and oxygen atoms in total. The molecule has 1 aliphatic heterocycles. The van der Waals surface area contributed by atoms with Crippen LogP contribution in [0.4, 0.5) is 4.39 Å². The van der Waals surface area contributed by atoms with Gasteiger partial charge in [0.05, 0.1) is 6.61 Å². The average Bonchev–Trinajstić information content (AvgIpc) is 2.92. The third kappa shape index (κ3) is 4.90. The van der Waals surface area contributed by atoms with E-state index in [9.17, 15) is 14.0 Å². The fourth-order valence-electron chi connectivity index (χ4n) is 3.08. The molecule has 1 aliphatic rings. The number of hydrogen-bond donors (Lipinski definition) is 0. The highest BCUT2D eigenvalue weighted by molar-refractivity contribution is 5.74. The summed E-state index contributed by atoms with van der Waals surface area (Å²) in [5, 5.41) is 0. The van der Waals surface area contributed by atoms with E-state index in [0.717, 1.165) is 5.56 Å². The molecular formula is C18H27FN2O3. The van der Waals surface area contributed by atoms with Crippen LogP contribution in [0.5, 0.6) is 0 Å². The molecule has 0 aromatic carbocycles. The third-order valence-electron chi connectivity index (χ3n) is 4.21. The second kappa shape index (κ2) is 8.42. The second-order valence-corrected chi connectivity index (χ2v) is 6.80. The highest BCUT2D eigenvalue weighted by Crippen LogP contribution is 2.20. The van der Waals surface area contributed by atoms with Crippen LogP contribution in [0.1, 0.15) is 45.2 Å².